The Morgan fingerprint density at radius 3 is 2.51 bits per heavy atom. The number of hydrogen-bond acceptors (Lipinski definition) is 9. The zero-order valence-electron chi connectivity index (χ0n) is 19.4. The maximum Gasteiger partial charge on any atom is 0.222 e. The number of morpholine rings is 1. The Labute approximate surface area is 203 Å². The summed E-state index contributed by atoms with van der Waals surface area (Å²) in [6, 6.07) is 6.43. The van der Waals surface area contributed by atoms with Crippen LogP contribution in [0.3, 0.4) is 0 Å². The second-order valence-corrected chi connectivity index (χ2v) is 8.97. The lowest BCUT2D eigenvalue weighted by Gasteiger charge is -2.31. The van der Waals surface area contributed by atoms with Crippen molar-refractivity contribution in [3.8, 4) is 17.0 Å². The summed E-state index contributed by atoms with van der Waals surface area (Å²) in [6.07, 6.45) is 12.8. The molecule has 35 heavy (non-hydrogen) atoms. The fourth-order valence-electron chi connectivity index (χ4n) is 4.77. The third-order valence-corrected chi connectivity index (χ3v) is 6.66. The number of hydrogen-bond donors (Lipinski definition) is 2. The Balaban J connectivity index is 1.10. The fourth-order valence-corrected chi connectivity index (χ4v) is 4.77. The first-order valence-corrected chi connectivity index (χ1v) is 12.1. The van der Waals surface area contributed by atoms with Gasteiger partial charge in [-0.25, -0.2) is 15.0 Å². The van der Waals surface area contributed by atoms with Crippen LogP contribution in [0.1, 0.15) is 25.7 Å². The molecule has 1 aromatic carbocycles. The van der Waals surface area contributed by atoms with Gasteiger partial charge in [-0.1, -0.05) is 0 Å². The van der Waals surface area contributed by atoms with Crippen molar-refractivity contribution in [2.45, 2.75) is 37.8 Å². The van der Waals surface area contributed by atoms with E-state index in [9.17, 15) is 0 Å². The molecule has 180 valence electrons. The molecule has 0 bridgehead atoms. The van der Waals surface area contributed by atoms with Gasteiger partial charge in [0.25, 0.3) is 0 Å². The Kier molecular flexibility index (Phi) is 6.10. The summed E-state index contributed by atoms with van der Waals surface area (Å²) in [5, 5.41) is 10.4. The van der Waals surface area contributed by atoms with Crippen LogP contribution in [0.4, 0.5) is 11.6 Å². The molecule has 4 heterocycles. The maximum atomic E-state index is 6.53. The molecule has 1 aliphatic carbocycles. The molecule has 0 unspecified atom stereocenters. The molecule has 4 aromatic rings. The first-order valence-electron chi connectivity index (χ1n) is 12.1. The molecule has 0 amide bonds. The highest BCUT2D eigenvalue weighted by Crippen LogP contribution is 2.33. The minimum absolute atomic E-state index is 0.141. The van der Waals surface area contributed by atoms with Gasteiger partial charge in [-0.05, 0) is 37.8 Å². The van der Waals surface area contributed by atoms with Crippen LogP contribution in [0.25, 0.3) is 22.3 Å². The quantitative estimate of drug-likeness (QED) is 0.435. The molecule has 1 saturated carbocycles. The number of nitrogens with one attached hydrogen (secondary N) is 2. The van der Waals surface area contributed by atoms with Crippen LogP contribution in [-0.4, -0.2) is 68.6 Å². The van der Waals surface area contributed by atoms with Gasteiger partial charge >= 0.3 is 0 Å². The third kappa shape index (κ3) is 4.88. The van der Waals surface area contributed by atoms with E-state index in [0.717, 1.165) is 85.7 Å². The van der Waals surface area contributed by atoms with E-state index in [2.05, 4.69) is 52.5 Å². The van der Waals surface area contributed by atoms with Crippen LogP contribution in [0.15, 0.2) is 49.2 Å². The lowest BCUT2D eigenvalue weighted by molar-refractivity contribution is 0.122. The predicted molar refractivity (Wildman–Crippen MR) is 132 cm³/mol. The second-order valence-electron chi connectivity index (χ2n) is 8.97. The average molecular weight is 473 g/mol. The molecular formula is C25H28N8O2. The van der Waals surface area contributed by atoms with Gasteiger partial charge in [0, 0.05) is 67.4 Å². The van der Waals surface area contributed by atoms with E-state index in [-0.39, 0.29) is 6.10 Å². The molecule has 6 rings (SSSR count). The van der Waals surface area contributed by atoms with Gasteiger partial charge in [-0.15, -0.1) is 0 Å². The van der Waals surface area contributed by atoms with Gasteiger partial charge < -0.3 is 19.7 Å². The fraction of sp³-hybridized carbons (Fsp3) is 0.400. The number of H-pyrrole nitrogens is 1. The van der Waals surface area contributed by atoms with E-state index in [4.69, 9.17) is 9.47 Å². The van der Waals surface area contributed by atoms with Crippen LogP contribution < -0.4 is 15.0 Å². The smallest absolute Gasteiger partial charge is 0.222 e. The second kappa shape index (κ2) is 9.83. The summed E-state index contributed by atoms with van der Waals surface area (Å²) in [5.74, 6) is 1.46. The molecule has 3 aromatic heterocycles. The van der Waals surface area contributed by atoms with Crippen molar-refractivity contribution >= 4 is 22.7 Å². The standard InChI is InChI=1S/C25H28N8O2/c1-3-20(4-2-18(1)31-25-28-15-17(16-29-25)21-5-6-30-32-21)35-23-14-19(33-9-11-34-12-10-33)13-22-24(23)27-8-7-26-22/h5-8,13-16,18,20H,1-4,9-12H2,(H,30,32)(H,28,29,31)/t18-,20+. The van der Waals surface area contributed by atoms with Crippen LogP contribution >= 0.6 is 0 Å². The van der Waals surface area contributed by atoms with Crippen molar-refractivity contribution in [2.24, 2.45) is 0 Å². The highest BCUT2D eigenvalue weighted by molar-refractivity contribution is 5.85. The molecule has 0 radical (unpaired) electrons. The molecule has 1 saturated heterocycles. The van der Waals surface area contributed by atoms with E-state index in [1.165, 1.54) is 0 Å². The molecule has 2 aliphatic rings. The van der Waals surface area contributed by atoms with E-state index in [1.807, 2.05) is 18.5 Å². The molecule has 10 heteroatoms. The van der Waals surface area contributed by atoms with Crippen LogP contribution in [-0.2, 0) is 4.74 Å². The summed E-state index contributed by atoms with van der Waals surface area (Å²) in [7, 11) is 0. The highest BCUT2D eigenvalue weighted by Gasteiger charge is 2.24. The van der Waals surface area contributed by atoms with Crippen molar-refractivity contribution in [1.82, 2.24) is 30.1 Å². The first kappa shape index (κ1) is 21.7. The Morgan fingerprint density at radius 2 is 1.74 bits per heavy atom. The lowest BCUT2D eigenvalue weighted by atomic mass is 9.93. The summed E-state index contributed by atoms with van der Waals surface area (Å²) in [5.41, 5.74) is 4.61. The number of nitrogens with zero attached hydrogens (tertiary/aromatic N) is 6. The third-order valence-electron chi connectivity index (χ3n) is 6.66. The highest BCUT2D eigenvalue weighted by atomic mass is 16.5. The van der Waals surface area contributed by atoms with Gasteiger partial charge in [0.05, 0.1) is 30.5 Å². The molecule has 0 spiro atoms. The number of fused-ring (bicyclic) bond motifs is 1. The minimum Gasteiger partial charge on any atom is -0.488 e. The molecule has 2 fully saturated rings. The SMILES string of the molecule is c1cc(-c2cnc(N[C@H]3CC[C@@H](Oc4cc(N5CCOCC5)cc5nccnc45)CC3)nc2)[nH]n1. The molecule has 1 aliphatic heterocycles. The zero-order chi connectivity index (χ0) is 23.5. The average Bonchev–Trinajstić information content (AvgIpc) is 3.46. The van der Waals surface area contributed by atoms with Crippen molar-refractivity contribution < 1.29 is 9.47 Å². The Bertz CT molecular complexity index is 1250. The number of benzene rings is 1. The number of aromatic amines is 1. The molecule has 10 nitrogen and oxygen atoms in total. The Morgan fingerprint density at radius 1 is 0.943 bits per heavy atom. The monoisotopic (exact) mass is 472 g/mol. The predicted octanol–water partition coefficient (Wildman–Crippen LogP) is 3.45. The van der Waals surface area contributed by atoms with E-state index < -0.39 is 0 Å². The lowest BCUT2D eigenvalue weighted by Crippen LogP contribution is -2.36. The Hall–Kier alpha value is -3.79. The number of ether oxygens (including phenoxy) is 2. The zero-order valence-corrected chi connectivity index (χ0v) is 19.4. The van der Waals surface area contributed by atoms with Crippen molar-refractivity contribution in [2.75, 3.05) is 36.5 Å². The summed E-state index contributed by atoms with van der Waals surface area (Å²) in [4.78, 5) is 20.4. The number of rotatable bonds is 6. The van der Waals surface area contributed by atoms with Crippen molar-refractivity contribution in [3.63, 3.8) is 0 Å². The van der Waals surface area contributed by atoms with Gasteiger partial charge in [-0.3, -0.25) is 10.1 Å². The largest absolute Gasteiger partial charge is 0.488 e. The number of aromatic nitrogens is 6. The molecule has 0 atom stereocenters. The normalized spacial score (nSPS) is 20.6. The summed E-state index contributed by atoms with van der Waals surface area (Å²) < 4.78 is 12.0. The minimum atomic E-state index is 0.141. The van der Waals surface area contributed by atoms with Gasteiger partial charge in [0.1, 0.15) is 11.3 Å². The van der Waals surface area contributed by atoms with Gasteiger partial charge in [0.2, 0.25) is 5.95 Å². The maximum absolute atomic E-state index is 6.53. The summed E-state index contributed by atoms with van der Waals surface area (Å²) in [6.45, 7) is 3.21. The topological polar surface area (TPSA) is 114 Å². The van der Waals surface area contributed by atoms with E-state index >= 15 is 0 Å². The van der Waals surface area contributed by atoms with Crippen molar-refractivity contribution in [3.05, 3.63) is 49.2 Å². The van der Waals surface area contributed by atoms with Crippen LogP contribution in [0.5, 0.6) is 5.75 Å². The molecular weight excluding hydrogens is 444 g/mol. The van der Waals surface area contributed by atoms with Crippen LogP contribution in [0, 0.1) is 0 Å². The first-order chi connectivity index (χ1) is 17.3. The van der Waals surface area contributed by atoms with Crippen molar-refractivity contribution in [1.29, 1.82) is 0 Å². The van der Waals surface area contributed by atoms with E-state index in [1.54, 1.807) is 18.6 Å². The number of anilines is 2. The van der Waals surface area contributed by atoms with Gasteiger partial charge in [-0.2, -0.15) is 5.10 Å². The summed E-state index contributed by atoms with van der Waals surface area (Å²) >= 11 is 0. The van der Waals surface area contributed by atoms with Gasteiger partial charge in [0.15, 0.2) is 0 Å². The molecule has 2 N–H and O–H groups in total. The van der Waals surface area contributed by atoms with E-state index in [0.29, 0.717) is 12.0 Å². The van der Waals surface area contributed by atoms with Crippen LogP contribution in [0.2, 0.25) is 0 Å².